The number of benzene rings is 2. The average Bonchev–Trinajstić information content (AvgIpc) is 3.56. The summed E-state index contributed by atoms with van der Waals surface area (Å²) in [5, 5.41) is 2.71. The van der Waals surface area contributed by atoms with Crippen molar-refractivity contribution >= 4 is 22.9 Å². The fraction of sp³-hybridized carbons (Fsp3) is 0.0870. The second kappa shape index (κ2) is 7.97. The monoisotopic (exact) mass is 451 g/mol. The number of anilines is 1. The lowest BCUT2D eigenvalue weighted by Crippen LogP contribution is -2.16. The number of nitrogens with zero attached hydrogens (tertiary/aromatic N) is 4. The molecule has 7 nitrogen and oxygen atoms in total. The van der Waals surface area contributed by atoms with Gasteiger partial charge in [-0.1, -0.05) is 0 Å². The Kier molecular flexibility index (Phi) is 4.97. The van der Waals surface area contributed by atoms with E-state index in [1.165, 1.54) is 12.3 Å². The molecule has 33 heavy (non-hydrogen) atoms. The molecule has 0 bridgehead atoms. The summed E-state index contributed by atoms with van der Waals surface area (Å²) >= 11 is 0. The molecule has 3 heterocycles. The number of carbonyl (C=O) groups is 1. The van der Waals surface area contributed by atoms with Crippen LogP contribution in [0.3, 0.4) is 0 Å². The number of hydrogen-bond acceptors (Lipinski definition) is 4. The molecule has 10 heteroatoms. The van der Waals surface area contributed by atoms with Gasteiger partial charge in [0.1, 0.15) is 5.76 Å². The smallest absolute Gasteiger partial charge is 0.416 e. The lowest BCUT2D eigenvalue weighted by atomic mass is 10.2. The van der Waals surface area contributed by atoms with Crippen LogP contribution in [0.15, 0.2) is 84.0 Å². The Bertz CT molecular complexity index is 1400. The Morgan fingerprint density at radius 1 is 1.09 bits per heavy atom. The second-order valence-electron chi connectivity index (χ2n) is 7.27. The summed E-state index contributed by atoms with van der Waals surface area (Å²) in [6.45, 7) is 0.185. The quantitative estimate of drug-likeness (QED) is 0.402. The number of halogens is 3. The minimum absolute atomic E-state index is 0.113. The third-order valence-corrected chi connectivity index (χ3v) is 5.13. The zero-order valence-corrected chi connectivity index (χ0v) is 17.0. The van der Waals surface area contributed by atoms with Crippen LogP contribution in [-0.4, -0.2) is 25.0 Å². The van der Waals surface area contributed by atoms with Crippen LogP contribution in [-0.2, 0) is 12.7 Å². The maximum absolute atomic E-state index is 13.2. The summed E-state index contributed by atoms with van der Waals surface area (Å²) in [5.74, 6) is 0.234. The Morgan fingerprint density at radius 3 is 2.58 bits per heavy atom. The zero-order valence-electron chi connectivity index (χ0n) is 17.0. The van der Waals surface area contributed by atoms with E-state index in [2.05, 4.69) is 15.3 Å². The van der Waals surface area contributed by atoms with E-state index in [0.29, 0.717) is 16.8 Å². The standard InChI is InChI=1S/C23H16F3N5O2/c24-23(25,26)16-5-8-20-19(12-16)28-22(31(20)13-18-2-1-11-33-18)29-21(32)15-3-6-17(7-4-15)30-10-9-27-14-30/h1-12,14H,13H2,(H,28,29,32). The van der Waals surface area contributed by atoms with Gasteiger partial charge in [0.15, 0.2) is 0 Å². The number of hydrogen-bond donors (Lipinski definition) is 1. The first-order valence-electron chi connectivity index (χ1n) is 9.88. The molecule has 0 aliphatic rings. The van der Waals surface area contributed by atoms with E-state index < -0.39 is 17.6 Å². The highest BCUT2D eigenvalue weighted by Gasteiger charge is 2.31. The molecule has 0 radical (unpaired) electrons. The van der Waals surface area contributed by atoms with Crippen molar-refractivity contribution in [1.29, 1.82) is 0 Å². The molecule has 1 amide bonds. The van der Waals surface area contributed by atoms with E-state index in [1.54, 1.807) is 64.3 Å². The van der Waals surface area contributed by atoms with Crippen molar-refractivity contribution in [1.82, 2.24) is 19.1 Å². The van der Waals surface area contributed by atoms with Gasteiger partial charge >= 0.3 is 6.18 Å². The Morgan fingerprint density at radius 2 is 1.91 bits per heavy atom. The number of imidazole rings is 2. The van der Waals surface area contributed by atoms with Crippen LogP contribution < -0.4 is 5.32 Å². The summed E-state index contributed by atoms with van der Waals surface area (Å²) in [5.41, 5.74) is 0.929. The summed E-state index contributed by atoms with van der Waals surface area (Å²) in [4.78, 5) is 21.1. The zero-order chi connectivity index (χ0) is 23.0. The van der Waals surface area contributed by atoms with Crippen molar-refractivity contribution in [3.05, 3.63) is 96.5 Å². The van der Waals surface area contributed by atoms with E-state index in [-0.39, 0.29) is 18.0 Å². The highest BCUT2D eigenvalue weighted by Crippen LogP contribution is 2.32. The summed E-state index contributed by atoms with van der Waals surface area (Å²) in [6.07, 6.45) is 2.06. The van der Waals surface area contributed by atoms with Crippen LogP contribution >= 0.6 is 0 Å². The normalized spacial score (nSPS) is 11.7. The summed E-state index contributed by atoms with van der Waals surface area (Å²) < 4.78 is 48.3. The number of furan rings is 1. The molecule has 166 valence electrons. The molecule has 0 aliphatic carbocycles. The minimum Gasteiger partial charge on any atom is -0.467 e. The first-order valence-corrected chi connectivity index (χ1v) is 9.88. The maximum atomic E-state index is 13.2. The van der Waals surface area contributed by atoms with Crippen LogP contribution in [0.4, 0.5) is 19.1 Å². The summed E-state index contributed by atoms with van der Waals surface area (Å²) in [6, 6.07) is 13.5. The molecular weight excluding hydrogens is 435 g/mol. The number of rotatable bonds is 5. The molecular formula is C23H16F3N5O2. The number of aromatic nitrogens is 4. The van der Waals surface area contributed by atoms with Gasteiger partial charge in [-0.2, -0.15) is 13.2 Å². The number of nitrogens with one attached hydrogen (secondary N) is 1. The van der Waals surface area contributed by atoms with E-state index >= 15 is 0 Å². The topological polar surface area (TPSA) is 77.9 Å². The van der Waals surface area contributed by atoms with Gasteiger partial charge in [-0.05, 0) is 54.6 Å². The Balaban J connectivity index is 1.48. The van der Waals surface area contributed by atoms with Crippen LogP contribution in [0.25, 0.3) is 16.7 Å². The fourth-order valence-electron chi connectivity index (χ4n) is 3.49. The van der Waals surface area contributed by atoms with E-state index in [1.807, 2.05) is 0 Å². The molecule has 5 rings (SSSR count). The van der Waals surface area contributed by atoms with E-state index in [9.17, 15) is 18.0 Å². The van der Waals surface area contributed by atoms with Gasteiger partial charge in [-0.25, -0.2) is 9.97 Å². The predicted molar refractivity (Wildman–Crippen MR) is 114 cm³/mol. The van der Waals surface area contributed by atoms with Crippen LogP contribution in [0.5, 0.6) is 0 Å². The third-order valence-electron chi connectivity index (χ3n) is 5.13. The number of fused-ring (bicyclic) bond motifs is 1. The van der Waals surface area contributed by atoms with E-state index in [0.717, 1.165) is 17.8 Å². The third kappa shape index (κ3) is 4.10. The first-order chi connectivity index (χ1) is 15.9. The highest BCUT2D eigenvalue weighted by atomic mass is 19.4. The number of amides is 1. The first kappa shape index (κ1) is 20.6. The molecule has 0 saturated carbocycles. The van der Waals surface area contributed by atoms with Gasteiger partial charge in [0, 0.05) is 23.6 Å². The van der Waals surface area contributed by atoms with Crippen molar-refractivity contribution in [3.8, 4) is 5.69 Å². The lowest BCUT2D eigenvalue weighted by Gasteiger charge is -2.10. The van der Waals surface area contributed by atoms with Crippen LogP contribution in [0.2, 0.25) is 0 Å². The predicted octanol–water partition coefficient (Wildman–Crippen LogP) is 5.13. The van der Waals surface area contributed by atoms with Gasteiger partial charge in [-0.3, -0.25) is 10.1 Å². The van der Waals surface area contributed by atoms with Crippen molar-refractivity contribution in [2.75, 3.05) is 5.32 Å². The van der Waals surface area contributed by atoms with Gasteiger partial charge in [0.05, 0.1) is 35.7 Å². The maximum Gasteiger partial charge on any atom is 0.416 e. The van der Waals surface area contributed by atoms with Crippen molar-refractivity contribution in [3.63, 3.8) is 0 Å². The van der Waals surface area contributed by atoms with E-state index in [4.69, 9.17) is 4.42 Å². The Hall–Kier alpha value is -4.34. The van der Waals surface area contributed by atoms with Gasteiger partial charge in [0.2, 0.25) is 5.95 Å². The van der Waals surface area contributed by atoms with Crippen LogP contribution in [0, 0.1) is 0 Å². The van der Waals surface area contributed by atoms with Crippen molar-refractivity contribution < 1.29 is 22.4 Å². The minimum atomic E-state index is -4.50. The molecule has 0 saturated heterocycles. The van der Waals surface area contributed by atoms with Gasteiger partial charge in [0.25, 0.3) is 5.91 Å². The number of carbonyl (C=O) groups excluding carboxylic acids is 1. The molecule has 0 unspecified atom stereocenters. The van der Waals surface area contributed by atoms with Crippen molar-refractivity contribution in [2.45, 2.75) is 12.7 Å². The Labute approximate surface area is 185 Å². The molecule has 1 N–H and O–H groups in total. The molecule has 0 spiro atoms. The van der Waals surface area contributed by atoms with Gasteiger partial charge in [-0.15, -0.1) is 0 Å². The molecule has 0 atom stereocenters. The second-order valence-corrected chi connectivity index (χ2v) is 7.27. The molecule has 3 aromatic heterocycles. The average molecular weight is 451 g/mol. The molecule has 0 fully saturated rings. The van der Waals surface area contributed by atoms with Gasteiger partial charge < -0.3 is 13.6 Å². The molecule has 5 aromatic rings. The lowest BCUT2D eigenvalue weighted by molar-refractivity contribution is -0.137. The molecule has 2 aromatic carbocycles. The number of alkyl halides is 3. The highest BCUT2D eigenvalue weighted by molar-refractivity contribution is 6.04. The van der Waals surface area contributed by atoms with Crippen LogP contribution in [0.1, 0.15) is 21.7 Å². The summed E-state index contributed by atoms with van der Waals surface area (Å²) in [7, 11) is 0. The molecule has 0 aliphatic heterocycles. The fourth-order valence-corrected chi connectivity index (χ4v) is 3.49. The SMILES string of the molecule is O=C(Nc1nc2cc(C(F)(F)F)ccc2n1Cc1ccco1)c1ccc(-n2ccnc2)cc1. The largest absolute Gasteiger partial charge is 0.467 e. The van der Waals surface area contributed by atoms with Crippen molar-refractivity contribution in [2.24, 2.45) is 0 Å².